The van der Waals surface area contributed by atoms with E-state index < -0.39 is 0 Å². The Bertz CT molecular complexity index is 407. The Labute approximate surface area is 111 Å². The molecule has 0 unspecified atom stereocenters. The van der Waals surface area contributed by atoms with E-state index in [9.17, 15) is 0 Å². The van der Waals surface area contributed by atoms with E-state index in [0.29, 0.717) is 5.92 Å². The van der Waals surface area contributed by atoms with Crippen molar-refractivity contribution in [2.24, 2.45) is 0 Å². The quantitative estimate of drug-likeness (QED) is 0.863. The maximum atomic E-state index is 4.79. The number of anilines is 1. The first-order chi connectivity index (χ1) is 8.25. The molecule has 0 atom stereocenters. The van der Waals surface area contributed by atoms with Crippen LogP contribution >= 0.6 is 15.9 Å². The molecule has 1 fully saturated rings. The molecule has 1 aromatic rings. The summed E-state index contributed by atoms with van der Waals surface area (Å²) in [5.74, 6) is 1.68. The van der Waals surface area contributed by atoms with Gasteiger partial charge in [0.15, 0.2) is 0 Å². The third kappa shape index (κ3) is 2.10. The fourth-order valence-corrected chi connectivity index (χ4v) is 3.53. The van der Waals surface area contributed by atoms with Gasteiger partial charge in [0.05, 0.1) is 5.69 Å². The number of nitrogens with one attached hydrogen (secondary N) is 1. The molecule has 0 radical (unpaired) electrons. The van der Waals surface area contributed by atoms with Crippen LogP contribution in [0, 0.1) is 0 Å². The minimum atomic E-state index is 0.625. The molecule has 5 heteroatoms. The van der Waals surface area contributed by atoms with Crippen LogP contribution in [0.3, 0.4) is 0 Å². The van der Waals surface area contributed by atoms with Crippen molar-refractivity contribution in [3.63, 3.8) is 0 Å². The van der Waals surface area contributed by atoms with E-state index in [1.807, 2.05) is 0 Å². The lowest BCUT2D eigenvalue weighted by atomic mass is 9.94. The van der Waals surface area contributed by atoms with Crippen LogP contribution in [0.15, 0.2) is 4.60 Å². The molecule has 0 aromatic carbocycles. The first kappa shape index (κ1) is 11.5. The smallest absolute Gasteiger partial charge is 0.203 e. The number of imidazole rings is 1. The summed E-state index contributed by atoms with van der Waals surface area (Å²) in [6, 6.07) is 0. The summed E-state index contributed by atoms with van der Waals surface area (Å²) >= 11 is 3.73. The summed E-state index contributed by atoms with van der Waals surface area (Å²) in [7, 11) is 2.20. The maximum absolute atomic E-state index is 4.79. The molecule has 4 nitrogen and oxygen atoms in total. The number of piperidine rings is 1. The van der Waals surface area contributed by atoms with Gasteiger partial charge in [0.1, 0.15) is 4.60 Å². The normalized spacial score (nSPS) is 22.2. The van der Waals surface area contributed by atoms with Gasteiger partial charge in [-0.3, -0.25) is 0 Å². The van der Waals surface area contributed by atoms with Gasteiger partial charge in [-0.25, -0.2) is 4.98 Å². The first-order valence-corrected chi connectivity index (χ1v) is 7.23. The molecular formula is C12H19BrN4. The second-order valence-electron chi connectivity index (χ2n) is 5.12. The van der Waals surface area contributed by atoms with Gasteiger partial charge in [-0.1, -0.05) is 0 Å². The van der Waals surface area contributed by atoms with Crippen molar-refractivity contribution in [3.05, 3.63) is 10.3 Å². The molecule has 1 N–H and O–H groups in total. The number of hydrogen-bond donors (Lipinski definition) is 1. The molecule has 1 saturated heterocycles. The Morgan fingerprint density at radius 2 is 2.06 bits per heavy atom. The van der Waals surface area contributed by atoms with Crippen molar-refractivity contribution in [2.45, 2.75) is 31.7 Å². The third-order valence-electron chi connectivity index (χ3n) is 3.88. The monoisotopic (exact) mass is 298 g/mol. The van der Waals surface area contributed by atoms with Gasteiger partial charge in [0, 0.05) is 19.0 Å². The molecule has 17 heavy (non-hydrogen) atoms. The van der Waals surface area contributed by atoms with E-state index in [1.54, 1.807) is 0 Å². The molecule has 3 heterocycles. The molecule has 2 aliphatic rings. The van der Waals surface area contributed by atoms with E-state index >= 15 is 0 Å². The van der Waals surface area contributed by atoms with E-state index in [0.717, 1.165) is 19.0 Å². The number of nitrogens with zero attached hydrogens (tertiary/aromatic N) is 3. The highest BCUT2D eigenvalue weighted by molar-refractivity contribution is 9.10. The molecular weight excluding hydrogens is 280 g/mol. The van der Waals surface area contributed by atoms with Crippen LogP contribution in [0.25, 0.3) is 0 Å². The topological polar surface area (TPSA) is 33.1 Å². The first-order valence-electron chi connectivity index (χ1n) is 6.44. The summed E-state index contributed by atoms with van der Waals surface area (Å²) in [6.07, 6.45) is 3.64. The van der Waals surface area contributed by atoms with Gasteiger partial charge in [-0.15, -0.1) is 0 Å². The summed E-state index contributed by atoms with van der Waals surface area (Å²) < 4.78 is 3.48. The van der Waals surface area contributed by atoms with Crippen molar-refractivity contribution >= 4 is 21.9 Å². The van der Waals surface area contributed by atoms with Crippen molar-refractivity contribution in [1.29, 1.82) is 0 Å². The minimum absolute atomic E-state index is 0.625. The zero-order valence-electron chi connectivity index (χ0n) is 10.2. The van der Waals surface area contributed by atoms with Crippen LogP contribution in [-0.2, 0) is 6.54 Å². The molecule has 0 aliphatic carbocycles. The fourth-order valence-electron chi connectivity index (χ4n) is 2.77. The number of hydrogen-bond acceptors (Lipinski definition) is 3. The molecule has 3 rings (SSSR count). The Balaban J connectivity index is 1.85. The van der Waals surface area contributed by atoms with Crippen LogP contribution in [0.5, 0.6) is 0 Å². The molecule has 0 saturated carbocycles. The summed E-state index contributed by atoms with van der Waals surface area (Å²) in [6.45, 7) is 4.51. The predicted octanol–water partition coefficient (Wildman–Crippen LogP) is 2.27. The zero-order valence-corrected chi connectivity index (χ0v) is 11.8. The summed E-state index contributed by atoms with van der Waals surface area (Å²) in [5.41, 5.74) is 1.27. The van der Waals surface area contributed by atoms with Gasteiger partial charge in [0.2, 0.25) is 5.95 Å². The lowest BCUT2D eigenvalue weighted by molar-refractivity contribution is 0.253. The van der Waals surface area contributed by atoms with Gasteiger partial charge in [-0.05, 0) is 55.3 Å². The molecule has 94 valence electrons. The second-order valence-corrected chi connectivity index (χ2v) is 5.87. The van der Waals surface area contributed by atoms with Crippen LogP contribution in [0.1, 0.15) is 30.9 Å². The Morgan fingerprint density at radius 3 is 2.76 bits per heavy atom. The van der Waals surface area contributed by atoms with Crippen molar-refractivity contribution in [1.82, 2.24) is 14.5 Å². The maximum Gasteiger partial charge on any atom is 0.203 e. The van der Waals surface area contributed by atoms with Crippen molar-refractivity contribution < 1.29 is 0 Å². The lowest BCUT2D eigenvalue weighted by Gasteiger charge is -2.28. The van der Waals surface area contributed by atoms with E-state index in [4.69, 9.17) is 4.98 Å². The Morgan fingerprint density at radius 1 is 1.29 bits per heavy atom. The van der Waals surface area contributed by atoms with Gasteiger partial charge < -0.3 is 14.8 Å². The zero-order chi connectivity index (χ0) is 11.8. The van der Waals surface area contributed by atoms with E-state index in [-0.39, 0.29) is 0 Å². The predicted molar refractivity (Wildman–Crippen MR) is 72.5 cm³/mol. The second kappa shape index (κ2) is 4.61. The molecule has 0 bridgehead atoms. The number of halogens is 1. The van der Waals surface area contributed by atoms with Gasteiger partial charge >= 0.3 is 0 Å². The van der Waals surface area contributed by atoms with E-state index in [2.05, 4.69) is 37.8 Å². The van der Waals surface area contributed by atoms with Crippen LogP contribution in [-0.4, -0.2) is 41.1 Å². The average molecular weight is 299 g/mol. The van der Waals surface area contributed by atoms with Crippen molar-refractivity contribution in [2.75, 3.05) is 32.0 Å². The number of likely N-dealkylation sites (tertiary alicyclic amines) is 1. The molecule has 1 aromatic heterocycles. The SMILES string of the molecule is CN1CCC(c2nc3n(c2Br)CCCN3)CC1. The highest BCUT2D eigenvalue weighted by atomic mass is 79.9. The number of aromatic nitrogens is 2. The Hall–Kier alpha value is -0.550. The van der Waals surface area contributed by atoms with Crippen LogP contribution in [0.4, 0.5) is 5.95 Å². The fraction of sp³-hybridized carbons (Fsp3) is 0.750. The Kier molecular flexibility index (Phi) is 3.13. The lowest BCUT2D eigenvalue weighted by Crippen LogP contribution is -2.29. The summed E-state index contributed by atoms with van der Waals surface area (Å²) in [5, 5.41) is 3.38. The molecule has 2 aliphatic heterocycles. The summed E-state index contributed by atoms with van der Waals surface area (Å²) in [4.78, 5) is 7.19. The van der Waals surface area contributed by atoms with Crippen LogP contribution < -0.4 is 5.32 Å². The van der Waals surface area contributed by atoms with Gasteiger partial charge in [-0.2, -0.15) is 0 Å². The van der Waals surface area contributed by atoms with Crippen LogP contribution in [0.2, 0.25) is 0 Å². The third-order valence-corrected chi connectivity index (χ3v) is 4.71. The molecule has 0 amide bonds. The minimum Gasteiger partial charge on any atom is -0.356 e. The average Bonchev–Trinajstić information content (AvgIpc) is 2.69. The molecule has 0 spiro atoms. The van der Waals surface area contributed by atoms with Crippen molar-refractivity contribution in [3.8, 4) is 0 Å². The largest absolute Gasteiger partial charge is 0.356 e. The number of fused-ring (bicyclic) bond motifs is 1. The highest BCUT2D eigenvalue weighted by Gasteiger charge is 2.26. The van der Waals surface area contributed by atoms with Gasteiger partial charge in [0.25, 0.3) is 0 Å². The highest BCUT2D eigenvalue weighted by Crippen LogP contribution is 2.35. The number of rotatable bonds is 1. The van der Waals surface area contributed by atoms with E-state index in [1.165, 1.54) is 42.6 Å². The standard InChI is InChI=1S/C12H19BrN4/c1-16-7-3-9(4-8-16)10-11(13)17-6-2-5-14-12(17)15-10/h9H,2-8H2,1H3,(H,14,15).